The predicted molar refractivity (Wildman–Crippen MR) is 100 cm³/mol. The van der Waals surface area contributed by atoms with Gasteiger partial charge < -0.3 is 29.9 Å². The van der Waals surface area contributed by atoms with Crippen molar-refractivity contribution in [2.45, 2.75) is 43.5 Å². The van der Waals surface area contributed by atoms with E-state index in [1.807, 2.05) is 6.07 Å². The lowest BCUT2D eigenvalue weighted by Gasteiger charge is -2.38. The van der Waals surface area contributed by atoms with Crippen LogP contribution in [0, 0.1) is 5.82 Å². The highest BCUT2D eigenvalue weighted by atomic mass is 19.1. The average molecular weight is 406 g/mol. The van der Waals surface area contributed by atoms with Gasteiger partial charge in [0.1, 0.15) is 36.8 Å². The summed E-state index contributed by atoms with van der Waals surface area (Å²) in [6.07, 6.45) is -7.77. The van der Waals surface area contributed by atoms with Crippen LogP contribution in [0.3, 0.4) is 0 Å². The highest BCUT2D eigenvalue weighted by molar-refractivity contribution is 5.78. The van der Waals surface area contributed by atoms with Gasteiger partial charge >= 0.3 is 5.97 Å². The van der Waals surface area contributed by atoms with Crippen LogP contribution >= 0.6 is 0 Å². The standard InChI is InChI=1S/C21H23FO7/c1-11(13-7-8-14(15(22)9-13)12-5-3-2-4-6-12)20(26)28-10-16-17(23)18(24)19(25)21(27)29-16/h2-9,11,16-19,21,23-25,27H,10H2,1H3/t11?,16-,17+,18+,19-,21?/m1/s1. The van der Waals surface area contributed by atoms with Gasteiger partial charge in [0.2, 0.25) is 0 Å². The van der Waals surface area contributed by atoms with E-state index in [9.17, 15) is 29.6 Å². The van der Waals surface area contributed by atoms with Gasteiger partial charge in [0.15, 0.2) is 6.29 Å². The first-order valence-electron chi connectivity index (χ1n) is 9.19. The van der Waals surface area contributed by atoms with Gasteiger partial charge in [0.05, 0.1) is 5.92 Å². The van der Waals surface area contributed by atoms with E-state index < -0.39 is 55.0 Å². The number of carbonyl (C=O) groups excluding carboxylic acids is 1. The van der Waals surface area contributed by atoms with Crippen molar-refractivity contribution in [1.29, 1.82) is 0 Å². The molecule has 2 aromatic carbocycles. The molecular weight excluding hydrogens is 383 g/mol. The molecule has 1 fully saturated rings. The van der Waals surface area contributed by atoms with Gasteiger partial charge in [-0.05, 0) is 24.1 Å². The Morgan fingerprint density at radius 3 is 2.41 bits per heavy atom. The molecule has 1 saturated heterocycles. The number of carbonyl (C=O) groups is 1. The molecule has 0 bridgehead atoms. The first-order chi connectivity index (χ1) is 13.8. The molecule has 7 nitrogen and oxygen atoms in total. The molecule has 0 radical (unpaired) electrons. The van der Waals surface area contributed by atoms with Crippen molar-refractivity contribution in [3.63, 3.8) is 0 Å². The number of benzene rings is 2. The molecule has 1 aliphatic rings. The Morgan fingerprint density at radius 2 is 1.76 bits per heavy atom. The Kier molecular flexibility index (Phi) is 6.61. The highest BCUT2D eigenvalue weighted by Crippen LogP contribution is 2.27. The minimum Gasteiger partial charge on any atom is -0.462 e. The zero-order valence-corrected chi connectivity index (χ0v) is 15.7. The van der Waals surface area contributed by atoms with Gasteiger partial charge in [-0.3, -0.25) is 4.79 Å². The van der Waals surface area contributed by atoms with Crippen LogP contribution in [0.25, 0.3) is 11.1 Å². The molecule has 4 N–H and O–H groups in total. The summed E-state index contributed by atoms with van der Waals surface area (Å²) >= 11 is 0. The fraction of sp³-hybridized carbons (Fsp3) is 0.381. The van der Waals surface area contributed by atoms with Gasteiger partial charge in [-0.15, -0.1) is 0 Å². The molecule has 6 atom stereocenters. The highest BCUT2D eigenvalue weighted by Gasteiger charge is 2.43. The molecule has 8 heteroatoms. The second-order valence-electron chi connectivity index (χ2n) is 6.99. The summed E-state index contributed by atoms with van der Waals surface area (Å²) < 4.78 is 24.6. The third-order valence-corrected chi connectivity index (χ3v) is 5.01. The first kappa shape index (κ1) is 21.4. The molecule has 3 rings (SSSR count). The van der Waals surface area contributed by atoms with E-state index in [-0.39, 0.29) is 0 Å². The van der Waals surface area contributed by atoms with Crippen molar-refractivity contribution in [3.05, 3.63) is 59.9 Å². The number of hydrogen-bond acceptors (Lipinski definition) is 7. The third-order valence-electron chi connectivity index (χ3n) is 5.01. The Morgan fingerprint density at radius 1 is 1.07 bits per heavy atom. The van der Waals surface area contributed by atoms with E-state index in [0.29, 0.717) is 11.1 Å². The number of aliphatic hydroxyl groups is 4. The second kappa shape index (κ2) is 8.98. The fourth-order valence-corrected chi connectivity index (χ4v) is 3.15. The number of rotatable bonds is 5. The van der Waals surface area contributed by atoms with E-state index in [1.165, 1.54) is 6.07 Å². The molecule has 29 heavy (non-hydrogen) atoms. The maximum atomic E-state index is 14.5. The predicted octanol–water partition coefficient (Wildman–Crippen LogP) is 0.939. The summed E-state index contributed by atoms with van der Waals surface area (Å²) in [4.78, 5) is 12.3. The van der Waals surface area contributed by atoms with E-state index in [0.717, 1.165) is 5.56 Å². The van der Waals surface area contributed by atoms with Crippen molar-refractivity contribution >= 4 is 5.97 Å². The first-order valence-corrected chi connectivity index (χ1v) is 9.19. The van der Waals surface area contributed by atoms with Crippen molar-refractivity contribution in [3.8, 4) is 11.1 Å². The minimum absolute atomic E-state index is 0.410. The third kappa shape index (κ3) is 4.63. The van der Waals surface area contributed by atoms with Gasteiger partial charge in [-0.1, -0.05) is 42.5 Å². The molecule has 0 saturated carbocycles. The molecule has 0 spiro atoms. The van der Waals surface area contributed by atoms with Gasteiger partial charge in [-0.2, -0.15) is 0 Å². The zero-order valence-electron chi connectivity index (χ0n) is 15.7. The number of ether oxygens (including phenoxy) is 2. The SMILES string of the molecule is CC(C(=O)OC[C@H]1OC(O)[C@H](O)[C@@H](O)[C@H]1O)c1ccc(-c2ccccc2)c(F)c1. The molecule has 0 aliphatic carbocycles. The molecule has 2 aromatic rings. The molecule has 1 aliphatic heterocycles. The Labute approximate surface area is 166 Å². The summed E-state index contributed by atoms with van der Waals surface area (Å²) in [6, 6.07) is 13.5. The van der Waals surface area contributed by atoms with Crippen molar-refractivity contribution in [2.24, 2.45) is 0 Å². The molecule has 2 unspecified atom stereocenters. The Balaban J connectivity index is 1.64. The van der Waals surface area contributed by atoms with Crippen LogP contribution in [0.4, 0.5) is 4.39 Å². The average Bonchev–Trinajstić information content (AvgIpc) is 2.73. The molecule has 156 valence electrons. The largest absolute Gasteiger partial charge is 0.462 e. The van der Waals surface area contributed by atoms with Crippen LogP contribution in [-0.2, 0) is 14.3 Å². The van der Waals surface area contributed by atoms with E-state index >= 15 is 0 Å². The summed E-state index contributed by atoms with van der Waals surface area (Å²) in [5.74, 6) is -1.96. The minimum atomic E-state index is -1.71. The fourth-order valence-electron chi connectivity index (χ4n) is 3.15. The van der Waals surface area contributed by atoms with Crippen molar-refractivity contribution < 1.29 is 39.1 Å². The van der Waals surface area contributed by atoms with Crippen molar-refractivity contribution in [1.82, 2.24) is 0 Å². The number of hydrogen-bond donors (Lipinski definition) is 4. The van der Waals surface area contributed by atoms with Crippen LogP contribution in [0.15, 0.2) is 48.5 Å². The zero-order chi connectivity index (χ0) is 21.1. The van der Waals surface area contributed by atoms with E-state index in [2.05, 4.69) is 0 Å². The molecule has 0 amide bonds. The maximum absolute atomic E-state index is 14.5. The number of halogens is 1. The van der Waals surface area contributed by atoms with Gasteiger partial charge in [0, 0.05) is 5.56 Å². The summed E-state index contributed by atoms with van der Waals surface area (Å²) in [7, 11) is 0. The molecule has 0 aromatic heterocycles. The lowest BCUT2D eigenvalue weighted by Crippen LogP contribution is -2.58. The lowest BCUT2D eigenvalue weighted by molar-refractivity contribution is -0.287. The monoisotopic (exact) mass is 406 g/mol. The molecular formula is C21H23FO7. The van der Waals surface area contributed by atoms with Crippen LogP contribution in [-0.4, -0.2) is 63.7 Å². The van der Waals surface area contributed by atoms with Gasteiger partial charge in [0.25, 0.3) is 0 Å². The number of aliphatic hydroxyl groups excluding tert-OH is 4. The summed E-state index contributed by atoms with van der Waals surface area (Å²) in [5.41, 5.74) is 1.54. The molecule has 1 heterocycles. The number of esters is 1. The van der Waals surface area contributed by atoms with Crippen LogP contribution in [0.2, 0.25) is 0 Å². The Hall–Kier alpha value is -2.36. The van der Waals surface area contributed by atoms with Crippen LogP contribution < -0.4 is 0 Å². The van der Waals surface area contributed by atoms with Crippen LogP contribution in [0.1, 0.15) is 18.4 Å². The second-order valence-corrected chi connectivity index (χ2v) is 6.99. The summed E-state index contributed by atoms with van der Waals surface area (Å²) in [5, 5.41) is 38.5. The smallest absolute Gasteiger partial charge is 0.313 e. The quantitative estimate of drug-likeness (QED) is 0.546. The Bertz CT molecular complexity index is 844. The summed E-state index contributed by atoms with van der Waals surface area (Å²) in [6.45, 7) is 1.10. The normalized spacial score (nSPS) is 28.0. The van der Waals surface area contributed by atoms with Crippen LogP contribution in [0.5, 0.6) is 0 Å². The van der Waals surface area contributed by atoms with Gasteiger partial charge in [-0.25, -0.2) is 4.39 Å². The topological polar surface area (TPSA) is 116 Å². The van der Waals surface area contributed by atoms with Crippen molar-refractivity contribution in [2.75, 3.05) is 6.61 Å². The van der Waals surface area contributed by atoms with E-state index in [1.54, 1.807) is 43.3 Å². The lowest BCUT2D eigenvalue weighted by atomic mass is 9.97. The van der Waals surface area contributed by atoms with E-state index in [4.69, 9.17) is 9.47 Å². The maximum Gasteiger partial charge on any atom is 0.313 e.